The van der Waals surface area contributed by atoms with Crippen molar-refractivity contribution >= 4 is 35.1 Å². The topological polar surface area (TPSA) is 92.8 Å². The second-order valence-corrected chi connectivity index (χ2v) is 11.2. The summed E-state index contributed by atoms with van der Waals surface area (Å²) in [6.45, 7) is 3.38. The number of rotatable bonds is 5. The smallest absolute Gasteiger partial charge is 0.338 e. The lowest BCUT2D eigenvalue weighted by Gasteiger charge is -2.45. The Morgan fingerprint density at radius 2 is 1.29 bits per heavy atom. The Balaban J connectivity index is 1.13. The van der Waals surface area contributed by atoms with Gasteiger partial charge in [0.2, 0.25) is 11.8 Å². The lowest BCUT2D eigenvalue weighted by molar-refractivity contribution is -0.122. The van der Waals surface area contributed by atoms with Crippen LogP contribution in [-0.4, -0.2) is 30.3 Å². The SMILES string of the molecule is Cc1cccc(NC(=O)COC(=O)c2cccc(N3C(=O)[C@@H]4C5c6ccccc6C(c6ccccc65)[C@@H]4C3=O)c2)c1C. The zero-order valence-corrected chi connectivity index (χ0v) is 23.2. The third kappa shape index (κ3) is 3.88. The minimum Gasteiger partial charge on any atom is -0.452 e. The lowest BCUT2D eigenvalue weighted by Crippen LogP contribution is -2.41. The van der Waals surface area contributed by atoms with Crippen molar-refractivity contribution in [2.75, 3.05) is 16.8 Å². The number of hydrogen-bond donors (Lipinski definition) is 1. The van der Waals surface area contributed by atoms with E-state index in [0.717, 1.165) is 33.4 Å². The van der Waals surface area contributed by atoms with E-state index in [1.54, 1.807) is 24.3 Å². The molecule has 2 atom stereocenters. The predicted octanol–water partition coefficient (Wildman–Crippen LogP) is 5.50. The molecule has 1 saturated heterocycles. The van der Waals surface area contributed by atoms with Gasteiger partial charge in [0.15, 0.2) is 6.61 Å². The normalized spacial score (nSPS) is 21.4. The monoisotopic (exact) mass is 556 g/mol. The zero-order valence-electron chi connectivity index (χ0n) is 23.2. The molecule has 4 aromatic carbocycles. The van der Waals surface area contributed by atoms with E-state index in [4.69, 9.17) is 4.74 Å². The van der Waals surface area contributed by atoms with E-state index >= 15 is 0 Å². The fourth-order valence-electron chi connectivity index (χ4n) is 6.99. The minimum absolute atomic E-state index is 0.150. The van der Waals surface area contributed by atoms with Crippen molar-refractivity contribution in [2.24, 2.45) is 11.8 Å². The van der Waals surface area contributed by atoms with Gasteiger partial charge < -0.3 is 10.1 Å². The van der Waals surface area contributed by atoms with Crippen molar-refractivity contribution in [3.05, 3.63) is 130 Å². The molecule has 7 heteroatoms. The van der Waals surface area contributed by atoms with Gasteiger partial charge in [-0.1, -0.05) is 66.7 Å². The Kier molecular flexibility index (Phi) is 6.04. The Labute approximate surface area is 243 Å². The van der Waals surface area contributed by atoms with E-state index in [1.165, 1.54) is 11.0 Å². The molecule has 0 saturated carbocycles. The predicted molar refractivity (Wildman–Crippen MR) is 157 cm³/mol. The van der Waals surface area contributed by atoms with E-state index in [2.05, 4.69) is 29.6 Å². The van der Waals surface area contributed by atoms with Gasteiger partial charge in [0.1, 0.15) is 0 Å². The molecule has 0 unspecified atom stereocenters. The molecule has 8 rings (SSSR count). The van der Waals surface area contributed by atoms with Gasteiger partial charge in [-0.2, -0.15) is 0 Å². The fraction of sp³-hybridized carbons (Fsp3) is 0.200. The molecule has 0 aromatic heterocycles. The summed E-state index contributed by atoms with van der Waals surface area (Å²) in [6.07, 6.45) is 0. The summed E-state index contributed by atoms with van der Waals surface area (Å²) in [4.78, 5) is 54.7. The molecule has 0 radical (unpaired) electrons. The van der Waals surface area contributed by atoms with Gasteiger partial charge in [-0.15, -0.1) is 0 Å². The average Bonchev–Trinajstić information content (AvgIpc) is 3.28. The van der Waals surface area contributed by atoms with Gasteiger partial charge in [0, 0.05) is 17.5 Å². The molecule has 1 fully saturated rings. The molecule has 1 N–H and O–H groups in total. The number of carbonyl (C=O) groups is 4. The molecule has 1 aliphatic heterocycles. The van der Waals surface area contributed by atoms with Crippen LogP contribution in [0.2, 0.25) is 0 Å². The zero-order chi connectivity index (χ0) is 29.1. The summed E-state index contributed by atoms with van der Waals surface area (Å²) in [5.74, 6) is -3.16. The Hall–Kier alpha value is -5.04. The van der Waals surface area contributed by atoms with Gasteiger partial charge in [0.25, 0.3) is 5.91 Å². The van der Waals surface area contributed by atoms with Gasteiger partial charge >= 0.3 is 5.97 Å². The summed E-state index contributed by atoms with van der Waals surface area (Å²) < 4.78 is 5.29. The van der Waals surface area contributed by atoms with Crippen molar-refractivity contribution in [1.29, 1.82) is 0 Å². The molecule has 3 amide bonds. The van der Waals surface area contributed by atoms with Crippen LogP contribution >= 0.6 is 0 Å². The Morgan fingerprint density at radius 3 is 1.86 bits per heavy atom. The summed E-state index contributed by atoms with van der Waals surface area (Å²) in [6, 6.07) is 28.0. The molecular formula is C35H28N2O5. The van der Waals surface area contributed by atoms with Crippen molar-refractivity contribution < 1.29 is 23.9 Å². The largest absolute Gasteiger partial charge is 0.452 e. The highest BCUT2D eigenvalue weighted by Crippen LogP contribution is 2.61. The van der Waals surface area contributed by atoms with Crippen LogP contribution in [0, 0.1) is 25.7 Å². The van der Waals surface area contributed by atoms with Crippen LogP contribution in [0.4, 0.5) is 11.4 Å². The van der Waals surface area contributed by atoms with Gasteiger partial charge in [0.05, 0.1) is 23.1 Å². The number of aryl methyl sites for hydroxylation is 1. The fourth-order valence-corrected chi connectivity index (χ4v) is 6.99. The number of carbonyl (C=O) groups excluding carboxylic acids is 4. The van der Waals surface area contributed by atoms with Crippen LogP contribution in [0.15, 0.2) is 91.0 Å². The number of esters is 1. The van der Waals surface area contributed by atoms with Crippen LogP contribution in [0.1, 0.15) is 55.6 Å². The minimum atomic E-state index is -0.718. The second-order valence-electron chi connectivity index (χ2n) is 11.2. The number of ether oxygens (including phenoxy) is 1. The summed E-state index contributed by atoms with van der Waals surface area (Å²) >= 11 is 0. The van der Waals surface area contributed by atoms with E-state index < -0.39 is 30.3 Å². The average molecular weight is 557 g/mol. The first-order chi connectivity index (χ1) is 20.3. The number of benzene rings is 4. The van der Waals surface area contributed by atoms with Crippen LogP contribution < -0.4 is 10.2 Å². The number of hydrogen-bond acceptors (Lipinski definition) is 5. The molecule has 4 aromatic rings. The summed E-state index contributed by atoms with van der Waals surface area (Å²) in [5.41, 5.74) is 7.49. The molecular weight excluding hydrogens is 528 g/mol. The van der Waals surface area contributed by atoms with Crippen molar-refractivity contribution in [3.8, 4) is 0 Å². The first-order valence-corrected chi connectivity index (χ1v) is 14.0. The maximum absolute atomic E-state index is 14.0. The molecule has 42 heavy (non-hydrogen) atoms. The number of amides is 3. The van der Waals surface area contributed by atoms with Crippen molar-refractivity contribution in [3.63, 3.8) is 0 Å². The highest BCUT2D eigenvalue weighted by molar-refractivity contribution is 6.23. The number of nitrogens with one attached hydrogen (secondary N) is 1. The lowest BCUT2D eigenvalue weighted by atomic mass is 9.55. The van der Waals surface area contributed by atoms with E-state index in [0.29, 0.717) is 11.4 Å². The van der Waals surface area contributed by atoms with E-state index in [1.807, 2.05) is 50.2 Å². The van der Waals surface area contributed by atoms with E-state index in [-0.39, 0.29) is 29.2 Å². The van der Waals surface area contributed by atoms with Gasteiger partial charge in [-0.25, -0.2) is 9.69 Å². The van der Waals surface area contributed by atoms with Gasteiger partial charge in [-0.3, -0.25) is 14.4 Å². The van der Waals surface area contributed by atoms with Crippen LogP contribution in [-0.2, 0) is 19.1 Å². The summed E-state index contributed by atoms with van der Waals surface area (Å²) in [7, 11) is 0. The standard InChI is InChI=1S/C35H28N2O5/c1-19-9-7-16-27(20(19)2)36-28(38)18-42-35(41)21-10-8-11-22(17-21)37-33(39)31-29-23-12-3-4-13-24(23)30(32(31)34(37)40)26-15-6-5-14-25(26)29/h3-17,29-32H,18H2,1-2H3,(H,36,38)/t29?,30?,31-,32+. The highest BCUT2D eigenvalue weighted by atomic mass is 16.5. The molecule has 1 heterocycles. The molecule has 2 bridgehead atoms. The molecule has 0 spiro atoms. The third-order valence-corrected chi connectivity index (χ3v) is 9.00. The van der Waals surface area contributed by atoms with E-state index in [9.17, 15) is 19.2 Å². The van der Waals surface area contributed by atoms with Crippen molar-refractivity contribution in [1.82, 2.24) is 0 Å². The Morgan fingerprint density at radius 1 is 0.738 bits per heavy atom. The second kappa shape index (κ2) is 9.80. The highest BCUT2D eigenvalue weighted by Gasteiger charge is 2.61. The van der Waals surface area contributed by atoms with Crippen molar-refractivity contribution in [2.45, 2.75) is 25.7 Å². The number of anilines is 2. The molecule has 3 aliphatic carbocycles. The Bertz CT molecular complexity index is 1700. The first-order valence-electron chi connectivity index (χ1n) is 14.0. The molecule has 7 nitrogen and oxygen atoms in total. The molecule has 208 valence electrons. The van der Waals surface area contributed by atoms with Crippen LogP contribution in [0.3, 0.4) is 0 Å². The number of nitrogens with zero attached hydrogens (tertiary/aromatic N) is 1. The third-order valence-electron chi connectivity index (χ3n) is 9.00. The van der Waals surface area contributed by atoms with Crippen LogP contribution in [0.5, 0.6) is 0 Å². The maximum Gasteiger partial charge on any atom is 0.338 e. The number of imide groups is 1. The maximum atomic E-state index is 14.0. The van der Waals surface area contributed by atoms with Gasteiger partial charge in [-0.05, 0) is 71.5 Å². The first kappa shape index (κ1) is 25.9. The van der Waals surface area contributed by atoms with Crippen LogP contribution in [0.25, 0.3) is 0 Å². The summed E-state index contributed by atoms with van der Waals surface area (Å²) in [5, 5.41) is 2.77. The quantitative estimate of drug-likeness (QED) is 0.259. The molecule has 4 aliphatic rings.